The van der Waals surface area contributed by atoms with Crippen LogP contribution in [0.2, 0.25) is 0 Å². The van der Waals surface area contributed by atoms with Crippen molar-refractivity contribution in [2.45, 2.75) is 12.8 Å². The summed E-state index contributed by atoms with van der Waals surface area (Å²) >= 11 is 2.16. The summed E-state index contributed by atoms with van der Waals surface area (Å²) in [4.78, 5) is 39.1. The first-order chi connectivity index (χ1) is 14.6. The largest absolute Gasteiger partial charge is 0.294 e. The van der Waals surface area contributed by atoms with Crippen molar-refractivity contribution in [3.63, 3.8) is 0 Å². The highest BCUT2D eigenvalue weighted by Crippen LogP contribution is 2.33. The van der Waals surface area contributed by atoms with Crippen LogP contribution in [-0.2, 0) is 9.59 Å². The Morgan fingerprint density at radius 1 is 0.767 bits per heavy atom. The van der Waals surface area contributed by atoms with Gasteiger partial charge in [0, 0.05) is 15.6 Å². The molecule has 1 heterocycles. The summed E-state index contributed by atoms with van der Waals surface area (Å²) in [5.41, 5.74) is 1.83. The zero-order valence-corrected chi connectivity index (χ0v) is 18.2. The van der Waals surface area contributed by atoms with Crippen LogP contribution >= 0.6 is 22.6 Å². The number of amides is 2. The van der Waals surface area contributed by atoms with E-state index in [4.69, 9.17) is 0 Å². The Labute approximate surface area is 188 Å². The Bertz CT molecular complexity index is 1030. The van der Waals surface area contributed by atoms with Crippen molar-refractivity contribution in [2.24, 2.45) is 5.92 Å². The van der Waals surface area contributed by atoms with Gasteiger partial charge in [-0.3, -0.25) is 14.4 Å². The summed E-state index contributed by atoms with van der Waals surface area (Å²) in [6.07, 6.45) is 0.308. The molecule has 4 rings (SSSR count). The van der Waals surface area contributed by atoms with Gasteiger partial charge in [-0.1, -0.05) is 48.5 Å². The second-order valence-corrected chi connectivity index (χ2v) is 8.24. The summed E-state index contributed by atoms with van der Waals surface area (Å²) in [6, 6.07) is 25.5. The van der Waals surface area contributed by atoms with Crippen LogP contribution < -0.4 is 10.0 Å². The highest BCUT2D eigenvalue weighted by Gasteiger charge is 2.46. The summed E-state index contributed by atoms with van der Waals surface area (Å²) in [7, 11) is 0. The van der Waals surface area contributed by atoms with Gasteiger partial charge in [0.15, 0.2) is 5.78 Å². The standard InChI is InChI=1S/C24H19IN2O3/c25-18-9-7-8-17(16-18)22(28)15-14-21-23(29)26(19-10-3-1-4-11-19)27(24(21)30)20-12-5-2-6-13-20/h1-13,16,21H,14-15H2. The Kier molecular flexibility index (Phi) is 5.94. The molecule has 0 spiro atoms. The van der Waals surface area contributed by atoms with Gasteiger partial charge in [-0.15, -0.1) is 0 Å². The number of halogens is 1. The fourth-order valence-corrected chi connectivity index (χ4v) is 4.09. The molecular formula is C24H19IN2O3. The van der Waals surface area contributed by atoms with E-state index in [2.05, 4.69) is 22.6 Å². The number of carbonyl (C=O) groups excluding carboxylic acids is 3. The van der Waals surface area contributed by atoms with Crippen LogP contribution in [0.25, 0.3) is 0 Å². The average molecular weight is 510 g/mol. The first-order valence-electron chi connectivity index (χ1n) is 9.63. The minimum atomic E-state index is -0.892. The topological polar surface area (TPSA) is 57.7 Å². The third kappa shape index (κ3) is 4.00. The van der Waals surface area contributed by atoms with E-state index in [0.717, 1.165) is 3.57 Å². The number of hydrazine groups is 1. The number of anilines is 2. The van der Waals surface area contributed by atoms with Gasteiger partial charge in [0.2, 0.25) is 0 Å². The molecule has 5 nitrogen and oxygen atoms in total. The fourth-order valence-electron chi connectivity index (χ4n) is 3.55. The monoisotopic (exact) mass is 510 g/mol. The minimum Gasteiger partial charge on any atom is -0.294 e. The quantitative estimate of drug-likeness (QED) is 0.270. The number of hydrogen-bond donors (Lipinski definition) is 0. The van der Waals surface area contributed by atoms with Crippen molar-refractivity contribution in [3.05, 3.63) is 94.1 Å². The van der Waals surface area contributed by atoms with Crippen molar-refractivity contribution in [2.75, 3.05) is 10.0 Å². The molecule has 30 heavy (non-hydrogen) atoms. The molecule has 0 bridgehead atoms. The van der Waals surface area contributed by atoms with Crippen molar-refractivity contribution in [1.29, 1.82) is 0 Å². The smallest absolute Gasteiger partial charge is 0.258 e. The maximum absolute atomic E-state index is 13.3. The van der Waals surface area contributed by atoms with Crippen LogP contribution in [0.3, 0.4) is 0 Å². The van der Waals surface area contributed by atoms with E-state index in [-0.39, 0.29) is 30.4 Å². The molecule has 1 fully saturated rings. The van der Waals surface area contributed by atoms with Gasteiger partial charge in [-0.05, 0) is 65.4 Å². The minimum absolute atomic E-state index is 0.0708. The third-order valence-corrected chi connectivity index (χ3v) is 5.69. The van der Waals surface area contributed by atoms with Crippen LogP contribution in [0.1, 0.15) is 23.2 Å². The van der Waals surface area contributed by atoms with E-state index in [0.29, 0.717) is 16.9 Å². The Morgan fingerprint density at radius 2 is 1.30 bits per heavy atom. The van der Waals surface area contributed by atoms with Crippen LogP contribution in [-0.4, -0.2) is 17.6 Å². The van der Waals surface area contributed by atoms with Crippen LogP contribution in [0, 0.1) is 9.49 Å². The summed E-state index contributed by atoms with van der Waals surface area (Å²) in [5, 5.41) is 2.83. The number of para-hydroxylation sites is 2. The lowest BCUT2D eigenvalue weighted by Crippen LogP contribution is -2.41. The first-order valence-corrected chi connectivity index (χ1v) is 10.7. The molecule has 1 saturated heterocycles. The summed E-state index contributed by atoms with van der Waals surface area (Å²) in [6.45, 7) is 0. The molecule has 1 aliphatic rings. The van der Waals surface area contributed by atoms with E-state index in [9.17, 15) is 14.4 Å². The Balaban J connectivity index is 1.60. The summed E-state index contributed by atoms with van der Waals surface area (Å²) in [5.74, 6) is -1.59. The van der Waals surface area contributed by atoms with Gasteiger partial charge in [-0.25, -0.2) is 10.0 Å². The molecule has 1 aliphatic heterocycles. The Morgan fingerprint density at radius 3 is 1.80 bits per heavy atom. The van der Waals surface area contributed by atoms with Crippen LogP contribution in [0.5, 0.6) is 0 Å². The molecule has 3 aromatic carbocycles. The van der Waals surface area contributed by atoms with Crippen LogP contribution in [0.15, 0.2) is 84.9 Å². The zero-order valence-electron chi connectivity index (χ0n) is 16.1. The van der Waals surface area contributed by atoms with Gasteiger partial charge in [-0.2, -0.15) is 0 Å². The number of carbonyl (C=O) groups is 3. The molecule has 0 N–H and O–H groups in total. The second-order valence-electron chi connectivity index (χ2n) is 7.00. The molecule has 6 heteroatoms. The maximum Gasteiger partial charge on any atom is 0.258 e. The maximum atomic E-state index is 13.3. The van der Waals surface area contributed by atoms with Crippen molar-refractivity contribution >= 4 is 51.6 Å². The number of nitrogens with zero attached hydrogens (tertiary/aromatic N) is 2. The molecule has 0 atom stereocenters. The number of rotatable bonds is 6. The van der Waals surface area contributed by atoms with Gasteiger partial charge in [0.25, 0.3) is 11.8 Å². The van der Waals surface area contributed by atoms with Gasteiger partial charge in [0.05, 0.1) is 11.4 Å². The number of hydrogen-bond acceptors (Lipinski definition) is 3. The predicted octanol–water partition coefficient (Wildman–Crippen LogP) is 4.87. The number of benzene rings is 3. The SMILES string of the molecule is O=C(CCC1C(=O)N(c2ccccc2)N(c2ccccc2)C1=O)c1cccc(I)c1. The molecule has 0 radical (unpaired) electrons. The molecule has 3 aromatic rings. The predicted molar refractivity (Wildman–Crippen MR) is 124 cm³/mol. The highest BCUT2D eigenvalue weighted by atomic mass is 127. The second kappa shape index (κ2) is 8.79. The molecular weight excluding hydrogens is 491 g/mol. The van der Waals surface area contributed by atoms with Crippen LogP contribution in [0.4, 0.5) is 11.4 Å². The number of ketones is 1. The van der Waals surface area contributed by atoms with Gasteiger partial charge in [0.1, 0.15) is 5.92 Å². The first kappa shape index (κ1) is 20.3. The van der Waals surface area contributed by atoms with E-state index in [1.807, 2.05) is 54.6 Å². The van der Waals surface area contributed by atoms with Gasteiger partial charge < -0.3 is 0 Å². The molecule has 2 amide bonds. The lowest BCUT2D eigenvalue weighted by molar-refractivity contribution is -0.127. The average Bonchev–Trinajstić information content (AvgIpc) is 3.03. The number of Topliss-reactive ketones (excluding diaryl/α,β-unsaturated/α-hetero) is 1. The molecule has 0 aliphatic carbocycles. The van der Waals surface area contributed by atoms with Crippen molar-refractivity contribution in [1.82, 2.24) is 0 Å². The highest BCUT2D eigenvalue weighted by molar-refractivity contribution is 14.1. The molecule has 0 unspecified atom stereocenters. The van der Waals surface area contributed by atoms with E-state index >= 15 is 0 Å². The lowest BCUT2D eigenvalue weighted by Gasteiger charge is -2.27. The lowest BCUT2D eigenvalue weighted by atomic mass is 9.98. The van der Waals surface area contributed by atoms with Crippen molar-refractivity contribution < 1.29 is 14.4 Å². The summed E-state index contributed by atoms with van der Waals surface area (Å²) < 4.78 is 0.969. The van der Waals surface area contributed by atoms with E-state index in [1.54, 1.807) is 30.3 Å². The zero-order chi connectivity index (χ0) is 21.1. The van der Waals surface area contributed by atoms with Crippen molar-refractivity contribution in [3.8, 4) is 0 Å². The van der Waals surface area contributed by atoms with E-state index in [1.165, 1.54) is 10.0 Å². The van der Waals surface area contributed by atoms with Gasteiger partial charge >= 0.3 is 0 Å². The van der Waals surface area contributed by atoms with E-state index < -0.39 is 5.92 Å². The molecule has 150 valence electrons. The normalized spacial score (nSPS) is 14.4. The third-order valence-electron chi connectivity index (χ3n) is 5.02. The fraction of sp³-hybridized carbons (Fsp3) is 0.125. The molecule has 0 aromatic heterocycles. The Hall–Kier alpha value is -3.00. The molecule has 0 saturated carbocycles.